The van der Waals surface area contributed by atoms with E-state index in [4.69, 9.17) is 16.3 Å². The van der Waals surface area contributed by atoms with Gasteiger partial charge in [0.2, 0.25) is 0 Å². The Morgan fingerprint density at radius 3 is 2.68 bits per heavy atom. The molecule has 0 bridgehead atoms. The molecule has 0 saturated carbocycles. The highest BCUT2D eigenvalue weighted by Gasteiger charge is 2.17. The van der Waals surface area contributed by atoms with Crippen LogP contribution in [0.2, 0.25) is 5.02 Å². The summed E-state index contributed by atoms with van der Waals surface area (Å²) in [6, 6.07) is 9.12. The van der Waals surface area contributed by atoms with E-state index in [1.165, 1.54) is 31.4 Å². The molecule has 0 aliphatic rings. The van der Waals surface area contributed by atoms with Crippen LogP contribution >= 0.6 is 11.6 Å². The molecule has 0 saturated heterocycles. The molecule has 0 aromatic heterocycles. The molecule has 0 aliphatic heterocycles. The first kappa shape index (κ1) is 15.8. The molecule has 2 aromatic rings. The first-order valence-electron chi connectivity index (χ1n) is 6.33. The molecule has 0 radical (unpaired) electrons. The molecular formula is C15H13ClN2O4. The van der Waals surface area contributed by atoms with E-state index in [1.807, 2.05) is 0 Å². The van der Waals surface area contributed by atoms with E-state index in [9.17, 15) is 14.9 Å². The molecule has 2 aromatic carbocycles. The van der Waals surface area contributed by atoms with Crippen LogP contribution in [-0.2, 0) is 0 Å². The lowest BCUT2D eigenvalue weighted by molar-refractivity contribution is -0.385. The summed E-state index contributed by atoms with van der Waals surface area (Å²) in [6.07, 6.45) is 0. The molecule has 0 fully saturated rings. The largest absolute Gasteiger partial charge is 0.496 e. The second-order valence-electron chi connectivity index (χ2n) is 4.51. The number of rotatable bonds is 4. The predicted octanol–water partition coefficient (Wildman–Crippen LogP) is 3.82. The van der Waals surface area contributed by atoms with E-state index in [0.717, 1.165) is 0 Å². The number of nitro benzene ring substituents is 1. The minimum absolute atomic E-state index is 0.0547. The van der Waals surface area contributed by atoms with Gasteiger partial charge in [-0.2, -0.15) is 0 Å². The Bertz CT molecular complexity index is 746. The van der Waals surface area contributed by atoms with Gasteiger partial charge in [0.25, 0.3) is 11.6 Å². The summed E-state index contributed by atoms with van der Waals surface area (Å²) in [6.45, 7) is 1.58. The van der Waals surface area contributed by atoms with Crippen LogP contribution < -0.4 is 10.1 Å². The number of nitrogens with zero attached hydrogens (tertiary/aromatic N) is 1. The highest BCUT2D eigenvalue weighted by molar-refractivity contribution is 6.31. The molecule has 0 spiro atoms. The molecule has 0 heterocycles. The third-order valence-corrected chi connectivity index (χ3v) is 3.39. The number of nitro groups is 1. The number of hydrogen-bond donors (Lipinski definition) is 1. The van der Waals surface area contributed by atoms with Crippen LogP contribution in [0.3, 0.4) is 0 Å². The first-order chi connectivity index (χ1) is 10.4. The van der Waals surface area contributed by atoms with Crippen LogP contribution in [0.4, 0.5) is 11.4 Å². The monoisotopic (exact) mass is 320 g/mol. The number of ether oxygens (including phenoxy) is 1. The van der Waals surface area contributed by atoms with Gasteiger partial charge in [-0.3, -0.25) is 14.9 Å². The summed E-state index contributed by atoms with van der Waals surface area (Å²) in [5.74, 6) is -0.106. The minimum atomic E-state index is -0.492. The molecule has 0 aliphatic carbocycles. The normalized spacial score (nSPS) is 10.1. The average Bonchev–Trinajstić information content (AvgIpc) is 2.48. The summed E-state index contributed by atoms with van der Waals surface area (Å²) >= 11 is 5.85. The first-order valence-corrected chi connectivity index (χ1v) is 6.70. The third-order valence-electron chi connectivity index (χ3n) is 3.16. The lowest BCUT2D eigenvalue weighted by atomic mass is 10.1. The molecule has 0 unspecified atom stereocenters. The second kappa shape index (κ2) is 6.44. The molecule has 0 atom stereocenters. The fourth-order valence-corrected chi connectivity index (χ4v) is 2.16. The SMILES string of the molecule is COc1cc(Cl)ccc1C(=O)Nc1cccc([N+](=O)[O-])c1C. The maximum Gasteiger partial charge on any atom is 0.274 e. The number of nitrogens with one attached hydrogen (secondary N) is 1. The van der Waals surface area contributed by atoms with Crippen molar-refractivity contribution >= 4 is 28.9 Å². The number of methoxy groups -OCH3 is 1. The van der Waals surface area contributed by atoms with Crippen LogP contribution in [0.15, 0.2) is 36.4 Å². The molecule has 114 valence electrons. The van der Waals surface area contributed by atoms with Gasteiger partial charge in [0, 0.05) is 11.1 Å². The number of benzene rings is 2. The number of halogens is 1. The highest BCUT2D eigenvalue weighted by atomic mass is 35.5. The summed E-state index contributed by atoms with van der Waals surface area (Å²) in [7, 11) is 1.43. The summed E-state index contributed by atoms with van der Waals surface area (Å²) in [5.41, 5.74) is 0.990. The summed E-state index contributed by atoms with van der Waals surface area (Å²) < 4.78 is 5.12. The maximum absolute atomic E-state index is 12.3. The lowest BCUT2D eigenvalue weighted by Crippen LogP contribution is -2.14. The van der Waals surface area contributed by atoms with E-state index in [2.05, 4.69) is 5.32 Å². The van der Waals surface area contributed by atoms with Gasteiger partial charge >= 0.3 is 0 Å². The third kappa shape index (κ3) is 3.17. The number of anilines is 1. The van der Waals surface area contributed by atoms with E-state index in [-0.39, 0.29) is 11.3 Å². The van der Waals surface area contributed by atoms with Gasteiger partial charge < -0.3 is 10.1 Å². The van der Waals surface area contributed by atoms with Gasteiger partial charge in [0.1, 0.15) is 5.75 Å². The Labute approximate surface area is 131 Å². The van der Waals surface area contributed by atoms with Crippen molar-refractivity contribution in [2.75, 3.05) is 12.4 Å². The van der Waals surface area contributed by atoms with Crippen molar-refractivity contribution in [2.24, 2.45) is 0 Å². The standard InChI is InChI=1S/C15H13ClN2O4/c1-9-12(4-3-5-13(9)18(20)21)17-15(19)11-7-6-10(16)8-14(11)22-2/h3-8H,1-2H3,(H,17,19). The van der Waals surface area contributed by atoms with E-state index < -0.39 is 10.8 Å². The molecule has 1 N–H and O–H groups in total. The second-order valence-corrected chi connectivity index (χ2v) is 4.94. The Hall–Kier alpha value is -2.60. The van der Waals surface area contributed by atoms with E-state index in [1.54, 1.807) is 19.1 Å². The van der Waals surface area contributed by atoms with Gasteiger partial charge in [-0.15, -0.1) is 0 Å². The average molecular weight is 321 g/mol. The van der Waals surface area contributed by atoms with Gasteiger partial charge in [-0.05, 0) is 31.2 Å². The Morgan fingerprint density at radius 2 is 2.05 bits per heavy atom. The maximum atomic E-state index is 12.3. The number of carbonyl (C=O) groups is 1. The zero-order valence-electron chi connectivity index (χ0n) is 11.9. The van der Waals surface area contributed by atoms with Crippen LogP contribution in [0.25, 0.3) is 0 Å². The number of amides is 1. The van der Waals surface area contributed by atoms with E-state index in [0.29, 0.717) is 22.0 Å². The number of hydrogen-bond acceptors (Lipinski definition) is 4. The quantitative estimate of drug-likeness (QED) is 0.686. The van der Waals surface area contributed by atoms with Crippen LogP contribution in [0.1, 0.15) is 15.9 Å². The molecule has 7 heteroatoms. The number of carbonyl (C=O) groups excluding carboxylic acids is 1. The van der Waals surface area contributed by atoms with Crippen LogP contribution in [0, 0.1) is 17.0 Å². The van der Waals surface area contributed by atoms with Gasteiger partial charge in [0.05, 0.1) is 28.8 Å². The van der Waals surface area contributed by atoms with Crippen molar-refractivity contribution in [1.29, 1.82) is 0 Å². The van der Waals surface area contributed by atoms with Crippen LogP contribution in [0.5, 0.6) is 5.75 Å². The van der Waals surface area contributed by atoms with Gasteiger partial charge in [0.15, 0.2) is 0 Å². The summed E-state index contributed by atoms with van der Waals surface area (Å²) in [4.78, 5) is 22.8. The Kier molecular flexibility index (Phi) is 4.62. The smallest absolute Gasteiger partial charge is 0.274 e. The fourth-order valence-electron chi connectivity index (χ4n) is 2.00. The van der Waals surface area contributed by atoms with Crippen molar-refractivity contribution in [1.82, 2.24) is 0 Å². The summed E-state index contributed by atoms with van der Waals surface area (Å²) in [5, 5.41) is 14.0. The topological polar surface area (TPSA) is 81.5 Å². The van der Waals surface area contributed by atoms with Crippen LogP contribution in [-0.4, -0.2) is 17.9 Å². The molecule has 2 rings (SSSR count). The Morgan fingerprint density at radius 1 is 1.32 bits per heavy atom. The molecule has 6 nitrogen and oxygen atoms in total. The van der Waals surface area contributed by atoms with Gasteiger partial charge in [-0.1, -0.05) is 17.7 Å². The van der Waals surface area contributed by atoms with Crippen molar-refractivity contribution in [3.63, 3.8) is 0 Å². The van der Waals surface area contributed by atoms with Crippen molar-refractivity contribution < 1.29 is 14.5 Å². The fraction of sp³-hybridized carbons (Fsp3) is 0.133. The van der Waals surface area contributed by atoms with Crippen molar-refractivity contribution in [3.8, 4) is 5.75 Å². The van der Waals surface area contributed by atoms with Crippen molar-refractivity contribution in [2.45, 2.75) is 6.92 Å². The molecule has 1 amide bonds. The Balaban J connectivity index is 2.34. The molecular weight excluding hydrogens is 308 g/mol. The van der Waals surface area contributed by atoms with Gasteiger partial charge in [-0.25, -0.2) is 0 Å². The lowest BCUT2D eigenvalue weighted by Gasteiger charge is -2.11. The predicted molar refractivity (Wildman–Crippen MR) is 83.8 cm³/mol. The zero-order chi connectivity index (χ0) is 16.3. The molecule has 22 heavy (non-hydrogen) atoms. The van der Waals surface area contributed by atoms with E-state index >= 15 is 0 Å². The zero-order valence-corrected chi connectivity index (χ0v) is 12.7. The minimum Gasteiger partial charge on any atom is -0.496 e. The van der Waals surface area contributed by atoms with Crippen molar-refractivity contribution in [3.05, 3.63) is 62.7 Å². The highest BCUT2D eigenvalue weighted by Crippen LogP contribution is 2.27.